The van der Waals surface area contributed by atoms with E-state index in [0.717, 1.165) is 0 Å². The lowest BCUT2D eigenvalue weighted by Crippen LogP contribution is -2.47. The van der Waals surface area contributed by atoms with Gasteiger partial charge in [-0.2, -0.15) is 23.5 Å². The molecular weight excluding hydrogens is 435 g/mol. The molecule has 2 heterocycles. The number of nitrogens with zero attached hydrogens (tertiary/aromatic N) is 4. The molecule has 4 rings (SSSR count). The zero-order valence-corrected chi connectivity index (χ0v) is 17.4. The molecule has 3 aromatic rings. The fourth-order valence-electron chi connectivity index (χ4n) is 3.79. The first-order valence-corrected chi connectivity index (χ1v) is 10.0. The molecule has 7 nitrogen and oxygen atoms in total. The molecular formula is C23H18F3N5O2. The average molecular weight is 453 g/mol. The van der Waals surface area contributed by atoms with Crippen LogP contribution in [0, 0.1) is 11.3 Å². The Bertz CT molecular complexity index is 1260. The lowest BCUT2D eigenvalue weighted by molar-refractivity contribution is -0.127. The first-order chi connectivity index (χ1) is 15.7. The highest BCUT2D eigenvalue weighted by atomic mass is 19.4. The zero-order valence-electron chi connectivity index (χ0n) is 17.4. The second-order valence-corrected chi connectivity index (χ2v) is 7.72. The molecule has 1 aromatic heterocycles. The SMILES string of the molecule is C[C@H]1Cn2ncc(NC(=O)c3cccc(C#N)c3)c2C(=O)N1c1ccc(CC(F)(F)F)cc1. The summed E-state index contributed by atoms with van der Waals surface area (Å²) in [5.41, 5.74) is 1.49. The van der Waals surface area contributed by atoms with E-state index in [9.17, 15) is 22.8 Å². The van der Waals surface area contributed by atoms with Gasteiger partial charge in [0.05, 0.1) is 42.5 Å². The van der Waals surface area contributed by atoms with Crippen molar-refractivity contribution in [2.24, 2.45) is 0 Å². The van der Waals surface area contributed by atoms with E-state index >= 15 is 0 Å². The summed E-state index contributed by atoms with van der Waals surface area (Å²) >= 11 is 0. The summed E-state index contributed by atoms with van der Waals surface area (Å²) in [6.07, 6.45) is -3.99. The Morgan fingerprint density at radius 2 is 1.97 bits per heavy atom. The minimum atomic E-state index is -4.32. The van der Waals surface area contributed by atoms with E-state index in [1.165, 1.54) is 46.1 Å². The smallest absolute Gasteiger partial charge is 0.319 e. The van der Waals surface area contributed by atoms with Crippen LogP contribution in [0.2, 0.25) is 0 Å². The lowest BCUT2D eigenvalue weighted by Gasteiger charge is -2.34. The molecule has 10 heteroatoms. The molecule has 0 aliphatic carbocycles. The van der Waals surface area contributed by atoms with Crippen molar-refractivity contribution in [3.8, 4) is 6.07 Å². The average Bonchev–Trinajstić information content (AvgIpc) is 3.16. The number of carbonyl (C=O) groups is 2. The van der Waals surface area contributed by atoms with Gasteiger partial charge in [0.25, 0.3) is 11.8 Å². The van der Waals surface area contributed by atoms with Gasteiger partial charge >= 0.3 is 6.18 Å². The third-order valence-electron chi connectivity index (χ3n) is 5.26. The fourth-order valence-corrected chi connectivity index (χ4v) is 3.79. The van der Waals surface area contributed by atoms with Crippen LogP contribution in [0.1, 0.15) is 38.9 Å². The number of nitriles is 1. The molecule has 1 N–H and O–H groups in total. The maximum atomic E-state index is 13.3. The number of fused-ring (bicyclic) bond motifs is 1. The summed E-state index contributed by atoms with van der Waals surface area (Å²) < 4.78 is 39.4. The van der Waals surface area contributed by atoms with E-state index in [1.54, 1.807) is 25.1 Å². The van der Waals surface area contributed by atoms with Crippen LogP contribution >= 0.6 is 0 Å². The zero-order chi connectivity index (χ0) is 23.8. The number of aromatic nitrogens is 2. The summed E-state index contributed by atoms with van der Waals surface area (Å²) in [6, 6.07) is 13.4. The fraction of sp³-hybridized carbons (Fsp3) is 0.217. The largest absolute Gasteiger partial charge is 0.393 e. The van der Waals surface area contributed by atoms with Gasteiger partial charge in [0, 0.05) is 11.3 Å². The van der Waals surface area contributed by atoms with Crippen LogP contribution in [0.3, 0.4) is 0 Å². The second-order valence-electron chi connectivity index (χ2n) is 7.72. The van der Waals surface area contributed by atoms with Crippen molar-refractivity contribution < 1.29 is 22.8 Å². The van der Waals surface area contributed by atoms with Crippen molar-refractivity contribution >= 4 is 23.2 Å². The highest BCUT2D eigenvalue weighted by Gasteiger charge is 2.35. The predicted octanol–water partition coefficient (Wildman–Crippen LogP) is 4.16. The Morgan fingerprint density at radius 1 is 1.24 bits per heavy atom. The summed E-state index contributed by atoms with van der Waals surface area (Å²) in [4.78, 5) is 27.5. The standard InChI is InChI=1S/C23H18F3N5O2/c1-14-13-30-20(19(12-28-30)29-21(32)17-4-2-3-16(9-17)11-27)22(33)31(14)18-7-5-15(6-8-18)10-23(24,25)26/h2-9,12,14H,10,13H2,1H3,(H,29,32)/t14-/m0/s1. The van der Waals surface area contributed by atoms with Crippen LogP contribution in [-0.4, -0.2) is 33.8 Å². The molecule has 1 aliphatic rings. The Kier molecular flexibility index (Phi) is 5.64. The van der Waals surface area contributed by atoms with Gasteiger partial charge in [-0.3, -0.25) is 14.3 Å². The van der Waals surface area contributed by atoms with Crippen LogP contribution in [0.5, 0.6) is 0 Å². The Hall–Kier alpha value is -4.13. The number of hydrogen-bond acceptors (Lipinski definition) is 4. The van der Waals surface area contributed by atoms with Gasteiger partial charge in [-0.1, -0.05) is 18.2 Å². The number of benzene rings is 2. The highest BCUT2D eigenvalue weighted by Crippen LogP contribution is 2.30. The Labute approximate surface area is 187 Å². The predicted molar refractivity (Wildman–Crippen MR) is 114 cm³/mol. The normalized spacial score (nSPS) is 15.7. The number of hydrogen-bond donors (Lipinski definition) is 1. The summed E-state index contributed by atoms with van der Waals surface area (Å²) in [5.74, 6) is -0.937. The molecule has 168 valence electrons. The van der Waals surface area contributed by atoms with Crippen molar-refractivity contribution in [2.45, 2.75) is 32.1 Å². The molecule has 0 spiro atoms. The molecule has 0 unspecified atom stereocenters. The van der Waals surface area contributed by atoms with Crippen molar-refractivity contribution in [3.63, 3.8) is 0 Å². The third kappa shape index (κ3) is 4.57. The number of alkyl halides is 3. The first-order valence-electron chi connectivity index (χ1n) is 10.0. The van der Waals surface area contributed by atoms with Crippen molar-refractivity contribution in [3.05, 3.63) is 77.1 Å². The minimum Gasteiger partial charge on any atom is -0.319 e. The summed E-state index contributed by atoms with van der Waals surface area (Å²) in [5, 5.41) is 15.9. The number of amides is 2. The lowest BCUT2D eigenvalue weighted by atomic mass is 10.1. The first kappa shape index (κ1) is 22.1. The topological polar surface area (TPSA) is 91.0 Å². The second kappa shape index (κ2) is 8.43. The Morgan fingerprint density at radius 3 is 2.64 bits per heavy atom. The quantitative estimate of drug-likeness (QED) is 0.642. The van der Waals surface area contributed by atoms with E-state index in [0.29, 0.717) is 17.8 Å². The van der Waals surface area contributed by atoms with Gasteiger partial charge in [0.15, 0.2) is 0 Å². The molecule has 2 amide bonds. The Balaban J connectivity index is 1.59. The maximum Gasteiger partial charge on any atom is 0.393 e. The molecule has 1 atom stereocenters. The van der Waals surface area contributed by atoms with Gasteiger partial charge in [-0.25, -0.2) is 0 Å². The van der Waals surface area contributed by atoms with Crippen LogP contribution in [-0.2, 0) is 13.0 Å². The molecule has 0 bridgehead atoms. The van der Waals surface area contributed by atoms with E-state index in [2.05, 4.69) is 10.4 Å². The van der Waals surface area contributed by atoms with Crippen LogP contribution in [0.15, 0.2) is 54.7 Å². The van der Waals surface area contributed by atoms with Crippen molar-refractivity contribution in [1.29, 1.82) is 5.26 Å². The van der Waals surface area contributed by atoms with Crippen LogP contribution in [0.4, 0.5) is 24.5 Å². The molecule has 0 fully saturated rings. The van der Waals surface area contributed by atoms with E-state index in [-0.39, 0.29) is 28.6 Å². The summed E-state index contributed by atoms with van der Waals surface area (Å²) in [7, 11) is 0. The van der Waals surface area contributed by atoms with Crippen molar-refractivity contribution in [2.75, 3.05) is 10.2 Å². The maximum absolute atomic E-state index is 13.3. The van der Waals surface area contributed by atoms with E-state index < -0.39 is 24.4 Å². The van der Waals surface area contributed by atoms with Gasteiger partial charge in [0.1, 0.15) is 5.69 Å². The van der Waals surface area contributed by atoms with Crippen molar-refractivity contribution in [1.82, 2.24) is 9.78 Å². The molecule has 1 aliphatic heterocycles. The van der Waals surface area contributed by atoms with E-state index in [1.807, 2.05) is 6.07 Å². The number of rotatable bonds is 4. The molecule has 33 heavy (non-hydrogen) atoms. The van der Waals surface area contributed by atoms with E-state index in [4.69, 9.17) is 5.26 Å². The minimum absolute atomic E-state index is 0.0981. The molecule has 0 saturated carbocycles. The van der Waals surface area contributed by atoms with Gasteiger partial charge in [-0.15, -0.1) is 0 Å². The number of carbonyl (C=O) groups excluding carboxylic acids is 2. The number of nitrogens with one attached hydrogen (secondary N) is 1. The molecule has 2 aromatic carbocycles. The summed E-state index contributed by atoms with van der Waals surface area (Å²) in [6.45, 7) is 2.14. The third-order valence-corrected chi connectivity index (χ3v) is 5.26. The van der Waals surface area contributed by atoms with Gasteiger partial charge < -0.3 is 10.2 Å². The number of halogens is 3. The van der Waals surface area contributed by atoms with Gasteiger partial charge in [0.2, 0.25) is 0 Å². The monoisotopic (exact) mass is 453 g/mol. The number of anilines is 2. The highest BCUT2D eigenvalue weighted by molar-refractivity contribution is 6.13. The van der Waals surface area contributed by atoms with Gasteiger partial charge in [-0.05, 0) is 42.8 Å². The molecule has 0 saturated heterocycles. The van der Waals surface area contributed by atoms with Crippen LogP contribution in [0.25, 0.3) is 0 Å². The van der Waals surface area contributed by atoms with Crippen LogP contribution < -0.4 is 10.2 Å². The molecule has 0 radical (unpaired) electrons.